The van der Waals surface area contributed by atoms with Crippen LogP contribution in [0.1, 0.15) is 51.9 Å². The molecular weight excluding hydrogens is 284 g/mol. The van der Waals surface area contributed by atoms with Crippen molar-refractivity contribution >= 4 is 23.6 Å². The molecule has 0 radical (unpaired) electrons. The standard InChI is InChI=1S/C16H28N2O2S/c1-3-13-15(19)18-11-8-9-14(18)16(20)17(13)10-6-4-5-7-12-21-2/h13-14H,3-12H2,1-2H3. The predicted octanol–water partition coefficient (Wildman–Crippen LogP) is 2.52. The van der Waals surface area contributed by atoms with Gasteiger partial charge in [0.15, 0.2) is 0 Å². The van der Waals surface area contributed by atoms with E-state index in [9.17, 15) is 9.59 Å². The molecular formula is C16H28N2O2S. The third-order valence-corrected chi connectivity index (χ3v) is 5.35. The second-order valence-corrected chi connectivity index (χ2v) is 7.04. The van der Waals surface area contributed by atoms with Crippen molar-refractivity contribution in [2.45, 2.75) is 64.0 Å². The Balaban J connectivity index is 1.87. The van der Waals surface area contributed by atoms with E-state index in [1.54, 1.807) is 0 Å². The molecule has 4 nitrogen and oxygen atoms in total. The molecule has 2 aliphatic rings. The normalized spacial score (nSPS) is 25.6. The van der Waals surface area contributed by atoms with E-state index < -0.39 is 0 Å². The van der Waals surface area contributed by atoms with Crippen LogP contribution in [0.15, 0.2) is 0 Å². The van der Waals surface area contributed by atoms with Crippen molar-refractivity contribution in [3.63, 3.8) is 0 Å². The van der Waals surface area contributed by atoms with E-state index in [2.05, 4.69) is 6.26 Å². The van der Waals surface area contributed by atoms with Crippen LogP contribution in [0.3, 0.4) is 0 Å². The topological polar surface area (TPSA) is 40.6 Å². The minimum Gasteiger partial charge on any atom is -0.329 e. The third-order valence-electron chi connectivity index (χ3n) is 4.65. The highest BCUT2D eigenvalue weighted by atomic mass is 32.2. The van der Waals surface area contributed by atoms with Crippen molar-refractivity contribution in [1.82, 2.24) is 9.80 Å². The molecule has 2 fully saturated rings. The Morgan fingerprint density at radius 2 is 1.90 bits per heavy atom. The second kappa shape index (κ2) is 8.06. The molecule has 0 aliphatic carbocycles. The van der Waals surface area contributed by atoms with Gasteiger partial charge in [-0.2, -0.15) is 11.8 Å². The predicted molar refractivity (Wildman–Crippen MR) is 87.4 cm³/mol. The summed E-state index contributed by atoms with van der Waals surface area (Å²) in [4.78, 5) is 28.8. The Labute approximate surface area is 132 Å². The van der Waals surface area contributed by atoms with Gasteiger partial charge in [-0.05, 0) is 44.1 Å². The van der Waals surface area contributed by atoms with Gasteiger partial charge in [0.2, 0.25) is 11.8 Å². The number of amides is 2. The minimum absolute atomic E-state index is 0.156. The van der Waals surface area contributed by atoms with Gasteiger partial charge in [-0.15, -0.1) is 0 Å². The highest BCUT2D eigenvalue weighted by Gasteiger charge is 2.46. The Kier molecular flexibility index (Phi) is 6.40. The van der Waals surface area contributed by atoms with E-state index >= 15 is 0 Å². The molecule has 2 rings (SSSR count). The van der Waals surface area contributed by atoms with Gasteiger partial charge < -0.3 is 9.80 Å². The Morgan fingerprint density at radius 1 is 1.14 bits per heavy atom. The SMILES string of the molecule is CCC1C(=O)N2CCCC2C(=O)N1CCCCCCSC. The molecule has 120 valence electrons. The van der Waals surface area contributed by atoms with E-state index in [0.29, 0.717) is 0 Å². The summed E-state index contributed by atoms with van der Waals surface area (Å²) in [5, 5.41) is 0. The quantitative estimate of drug-likeness (QED) is 0.647. The van der Waals surface area contributed by atoms with E-state index in [4.69, 9.17) is 0 Å². The number of piperazine rings is 1. The number of hydrogen-bond acceptors (Lipinski definition) is 3. The fourth-order valence-corrected chi connectivity index (χ4v) is 3.99. The third kappa shape index (κ3) is 3.74. The first-order valence-electron chi connectivity index (χ1n) is 8.30. The van der Waals surface area contributed by atoms with E-state index in [0.717, 1.165) is 45.2 Å². The maximum atomic E-state index is 12.6. The van der Waals surface area contributed by atoms with Crippen LogP contribution < -0.4 is 0 Å². The van der Waals surface area contributed by atoms with Gasteiger partial charge in [0.05, 0.1) is 0 Å². The lowest BCUT2D eigenvalue weighted by Gasteiger charge is -2.42. The average molecular weight is 312 g/mol. The molecule has 2 amide bonds. The summed E-state index contributed by atoms with van der Waals surface area (Å²) in [6.07, 6.45) is 9.36. The summed E-state index contributed by atoms with van der Waals surface area (Å²) < 4.78 is 0. The largest absolute Gasteiger partial charge is 0.329 e. The van der Waals surface area contributed by atoms with Crippen molar-refractivity contribution in [3.05, 3.63) is 0 Å². The Morgan fingerprint density at radius 3 is 2.62 bits per heavy atom. The zero-order valence-electron chi connectivity index (χ0n) is 13.3. The molecule has 2 atom stereocenters. The molecule has 2 unspecified atom stereocenters. The molecule has 2 heterocycles. The molecule has 0 saturated carbocycles. The van der Waals surface area contributed by atoms with Gasteiger partial charge in [-0.3, -0.25) is 9.59 Å². The van der Waals surface area contributed by atoms with E-state index in [1.807, 2.05) is 28.5 Å². The number of carbonyl (C=O) groups excluding carboxylic acids is 2. The molecule has 5 heteroatoms. The number of hydrogen-bond donors (Lipinski definition) is 0. The zero-order valence-corrected chi connectivity index (χ0v) is 14.2. The lowest BCUT2D eigenvalue weighted by Crippen LogP contribution is -2.62. The smallest absolute Gasteiger partial charge is 0.246 e. The van der Waals surface area contributed by atoms with Gasteiger partial charge in [-0.1, -0.05) is 19.8 Å². The highest BCUT2D eigenvalue weighted by Crippen LogP contribution is 2.28. The van der Waals surface area contributed by atoms with Crippen molar-refractivity contribution in [1.29, 1.82) is 0 Å². The maximum absolute atomic E-state index is 12.6. The first-order chi connectivity index (χ1) is 10.2. The maximum Gasteiger partial charge on any atom is 0.246 e. The van der Waals surface area contributed by atoms with E-state index in [-0.39, 0.29) is 23.9 Å². The number of unbranched alkanes of at least 4 members (excludes halogenated alkanes) is 3. The van der Waals surface area contributed by atoms with Crippen molar-refractivity contribution in [2.24, 2.45) is 0 Å². The van der Waals surface area contributed by atoms with Crippen LogP contribution >= 0.6 is 11.8 Å². The van der Waals surface area contributed by atoms with Gasteiger partial charge >= 0.3 is 0 Å². The Hall–Kier alpha value is -0.710. The molecule has 0 aromatic heterocycles. The van der Waals surface area contributed by atoms with Crippen molar-refractivity contribution in [2.75, 3.05) is 25.1 Å². The summed E-state index contributed by atoms with van der Waals surface area (Å²) in [6.45, 7) is 3.54. The van der Waals surface area contributed by atoms with Crippen LogP contribution in [0.5, 0.6) is 0 Å². The van der Waals surface area contributed by atoms with Crippen LogP contribution in [-0.4, -0.2) is 58.8 Å². The van der Waals surface area contributed by atoms with Crippen molar-refractivity contribution in [3.8, 4) is 0 Å². The van der Waals surface area contributed by atoms with E-state index in [1.165, 1.54) is 18.6 Å². The monoisotopic (exact) mass is 312 g/mol. The van der Waals surface area contributed by atoms with Crippen LogP contribution in [0.4, 0.5) is 0 Å². The van der Waals surface area contributed by atoms with Gasteiger partial charge in [0.1, 0.15) is 12.1 Å². The average Bonchev–Trinajstić information content (AvgIpc) is 2.97. The first-order valence-corrected chi connectivity index (χ1v) is 9.70. The fraction of sp³-hybridized carbons (Fsp3) is 0.875. The van der Waals surface area contributed by atoms with Crippen LogP contribution in [-0.2, 0) is 9.59 Å². The van der Waals surface area contributed by atoms with Crippen molar-refractivity contribution < 1.29 is 9.59 Å². The van der Waals surface area contributed by atoms with Gasteiger partial charge in [0, 0.05) is 13.1 Å². The van der Waals surface area contributed by atoms with Gasteiger partial charge in [0.25, 0.3) is 0 Å². The summed E-state index contributed by atoms with van der Waals surface area (Å²) in [6, 6.07) is -0.366. The molecule has 0 aromatic rings. The minimum atomic E-state index is -0.210. The summed E-state index contributed by atoms with van der Waals surface area (Å²) in [7, 11) is 0. The number of thioether (sulfide) groups is 1. The zero-order chi connectivity index (χ0) is 15.2. The molecule has 2 aliphatic heterocycles. The van der Waals surface area contributed by atoms with Crippen LogP contribution in [0.2, 0.25) is 0 Å². The fourth-order valence-electron chi connectivity index (χ4n) is 3.50. The van der Waals surface area contributed by atoms with Gasteiger partial charge in [-0.25, -0.2) is 0 Å². The van der Waals surface area contributed by atoms with Crippen LogP contribution in [0, 0.1) is 0 Å². The highest BCUT2D eigenvalue weighted by molar-refractivity contribution is 7.98. The lowest BCUT2D eigenvalue weighted by molar-refractivity contribution is -0.159. The summed E-state index contributed by atoms with van der Waals surface area (Å²) in [5.41, 5.74) is 0. The number of fused-ring (bicyclic) bond motifs is 1. The molecule has 0 N–H and O–H groups in total. The first kappa shape index (κ1) is 16.7. The lowest BCUT2D eigenvalue weighted by atomic mass is 10.0. The molecule has 0 bridgehead atoms. The number of carbonyl (C=O) groups is 2. The summed E-state index contributed by atoms with van der Waals surface area (Å²) in [5.74, 6) is 1.60. The summed E-state index contributed by atoms with van der Waals surface area (Å²) >= 11 is 1.89. The molecule has 0 aromatic carbocycles. The molecule has 0 spiro atoms. The second-order valence-electron chi connectivity index (χ2n) is 6.05. The number of rotatable bonds is 8. The number of nitrogens with zero attached hydrogens (tertiary/aromatic N) is 2. The molecule has 21 heavy (non-hydrogen) atoms. The van der Waals surface area contributed by atoms with Crippen LogP contribution in [0.25, 0.3) is 0 Å². The Bertz CT molecular complexity index is 375. The molecule has 2 saturated heterocycles.